The second-order valence-corrected chi connectivity index (χ2v) is 8.04. The highest BCUT2D eigenvalue weighted by atomic mass is 16.6. The second kappa shape index (κ2) is 17.7. The van der Waals surface area contributed by atoms with Gasteiger partial charge in [0, 0.05) is 6.42 Å². The molecule has 0 aliphatic carbocycles. The Labute approximate surface area is 185 Å². The van der Waals surface area contributed by atoms with Gasteiger partial charge < -0.3 is 19.7 Å². The van der Waals surface area contributed by atoms with E-state index in [1.54, 1.807) is 0 Å². The molecule has 180 valence electrons. The maximum absolute atomic E-state index is 11.9. The van der Waals surface area contributed by atoms with Gasteiger partial charge in [0.1, 0.15) is 0 Å². The van der Waals surface area contributed by atoms with Crippen molar-refractivity contribution < 1.29 is 38.9 Å². The molecular formula is C23H40O8. The summed E-state index contributed by atoms with van der Waals surface area (Å²) in [5.41, 5.74) is -2.67. The molecule has 0 radical (unpaired) electrons. The summed E-state index contributed by atoms with van der Waals surface area (Å²) in [5.74, 6) is -4.62. The predicted molar refractivity (Wildman–Crippen MR) is 115 cm³/mol. The van der Waals surface area contributed by atoms with E-state index in [-0.39, 0.29) is 13.0 Å². The first kappa shape index (κ1) is 29.0. The van der Waals surface area contributed by atoms with E-state index in [4.69, 9.17) is 4.74 Å². The minimum atomic E-state index is -2.67. The van der Waals surface area contributed by atoms with Crippen LogP contribution >= 0.6 is 0 Å². The minimum absolute atomic E-state index is 0.0336. The lowest BCUT2D eigenvalue weighted by atomic mass is 9.96. The fourth-order valence-corrected chi connectivity index (χ4v) is 3.07. The molecule has 0 amide bonds. The standard InChI is InChI=1S/C23H40O8/c1-3-5-7-8-9-10-11-12-14-16-30-20(25)17-23(29,22(27)28)18-21(26)31-19(24)15-13-6-4-2/h29H,3-18H2,1-2H3,(H,27,28). The smallest absolute Gasteiger partial charge is 0.336 e. The van der Waals surface area contributed by atoms with E-state index in [1.165, 1.54) is 32.1 Å². The molecule has 0 fully saturated rings. The number of ether oxygens (including phenoxy) is 2. The Morgan fingerprint density at radius 3 is 1.71 bits per heavy atom. The van der Waals surface area contributed by atoms with Crippen molar-refractivity contribution in [2.75, 3.05) is 6.61 Å². The Kier molecular flexibility index (Phi) is 16.6. The van der Waals surface area contributed by atoms with Gasteiger partial charge in [-0.15, -0.1) is 0 Å². The number of carbonyl (C=O) groups is 4. The number of rotatable bonds is 19. The molecular weight excluding hydrogens is 404 g/mol. The van der Waals surface area contributed by atoms with Crippen LogP contribution in [0.3, 0.4) is 0 Å². The zero-order valence-electron chi connectivity index (χ0n) is 19.2. The molecule has 0 aliphatic heterocycles. The van der Waals surface area contributed by atoms with Gasteiger partial charge in [0.15, 0.2) is 5.60 Å². The van der Waals surface area contributed by atoms with Gasteiger partial charge in [-0.1, -0.05) is 78.1 Å². The molecule has 8 heteroatoms. The van der Waals surface area contributed by atoms with E-state index < -0.39 is 42.3 Å². The second-order valence-electron chi connectivity index (χ2n) is 8.04. The molecule has 0 aromatic heterocycles. The van der Waals surface area contributed by atoms with Gasteiger partial charge in [-0.2, -0.15) is 0 Å². The molecule has 8 nitrogen and oxygen atoms in total. The normalized spacial score (nSPS) is 12.7. The molecule has 0 heterocycles. The van der Waals surface area contributed by atoms with Gasteiger partial charge >= 0.3 is 23.9 Å². The van der Waals surface area contributed by atoms with Gasteiger partial charge in [-0.3, -0.25) is 14.4 Å². The van der Waals surface area contributed by atoms with Gasteiger partial charge in [0.05, 0.1) is 19.4 Å². The Morgan fingerprint density at radius 1 is 0.677 bits per heavy atom. The molecule has 0 aromatic rings. The van der Waals surface area contributed by atoms with Crippen molar-refractivity contribution in [2.24, 2.45) is 0 Å². The third kappa shape index (κ3) is 15.5. The van der Waals surface area contributed by atoms with Crippen molar-refractivity contribution in [2.45, 2.75) is 116 Å². The van der Waals surface area contributed by atoms with Crippen LogP contribution in [-0.2, 0) is 28.7 Å². The highest BCUT2D eigenvalue weighted by molar-refractivity contribution is 5.92. The summed E-state index contributed by atoms with van der Waals surface area (Å²) in [5, 5.41) is 19.4. The topological polar surface area (TPSA) is 127 Å². The highest BCUT2D eigenvalue weighted by Crippen LogP contribution is 2.19. The van der Waals surface area contributed by atoms with Crippen molar-refractivity contribution in [3.05, 3.63) is 0 Å². The lowest BCUT2D eigenvalue weighted by molar-refractivity contribution is -0.175. The van der Waals surface area contributed by atoms with Crippen LogP contribution < -0.4 is 0 Å². The van der Waals surface area contributed by atoms with Crippen LogP contribution in [0.2, 0.25) is 0 Å². The predicted octanol–water partition coefficient (Wildman–Crippen LogP) is 4.31. The van der Waals surface area contributed by atoms with Gasteiger partial charge in [-0.05, 0) is 12.8 Å². The summed E-state index contributed by atoms with van der Waals surface area (Å²) in [6, 6.07) is 0. The average Bonchev–Trinajstić information content (AvgIpc) is 2.69. The van der Waals surface area contributed by atoms with E-state index in [0.717, 1.165) is 32.1 Å². The summed E-state index contributed by atoms with van der Waals surface area (Å²) in [6.45, 7) is 4.27. The summed E-state index contributed by atoms with van der Waals surface area (Å²) in [4.78, 5) is 46.7. The summed E-state index contributed by atoms with van der Waals surface area (Å²) in [6.07, 6.45) is 10.3. The van der Waals surface area contributed by atoms with Crippen molar-refractivity contribution in [3.8, 4) is 0 Å². The molecule has 0 rings (SSSR count). The largest absolute Gasteiger partial charge is 0.479 e. The van der Waals surface area contributed by atoms with Crippen LogP contribution in [-0.4, -0.2) is 46.3 Å². The van der Waals surface area contributed by atoms with Crippen molar-refractivity contribution in [3.63, 3.8) is 0 Å². The molecule has 0 aromatic carbocycles. The van der Waals surface area contributed by atoms with E-state index >= 15 is 0 Å². The molecule has 2 N–H and O–H groups in total. The number of carbonyl (C=O) groups excluding carboxylic acids is 3. The molecule has 0 aliphatic rings. The maximum atomic E-state index is 11.9. The van der Waals surface area contributed by atoms with E-state index in [1.807, 2.05) is 6.92 Å². The van der Waals surface area contributed by atoms with Crippen molar-refractivity contribution in [1.29, 1.82) is 0 Å². The third-order valence-corrected chi connectivity index (χ3v) is 4.99. The van der Waals surface area contributed by atoms with Crippen LogP contribution in [0.5, 0.6) is 0 Å². The molecule has 1 atom stereocenters. The SMILES string of the molecule is CCCCCCCCCCCOC(=O)CC(O)(CC(=O)OC(=O)CCCCC)C(=O)O. The Balaban J connectivity index is 4.17. The number of aliphatic carboxylic acids is 1. The molecule has 0 saturated carbocycles. The van der Waals surface area contributed by atoms with Crippen LogP contribution in [0.1, 0.15) is 110 Å². The molecule has 0 spiro atoms. The number of carboxylic acid groups (broad SMARTS) is 1. The number of unbranched alkanes of at least 4 members (excludes halogenated alkanes) is 10. The molecule has 1 unspecified atom stereocenters. The van der Waals surface area contributed by atoms with Gasteiger partial charge in [0.2, 0.25) is 0 Å². The minimum Gasteiger partial charge on any atom is -0.479 e. The fourth-order valence-electron chi connectivity index (χ4n) is 3.07. The first-order valence-electron chi connectivity index (χ1n) is 11.6. The fraction of sp³-hybridized carbons (Fsp3) is 0.826. The first-order chi connectivity index (χ1) is 14.7. The summed E-state index contributed by atoms with van der Waals surface area (Å²) < 4.78 is 9.53. The first-order valence-corrected chi connectivity index (χ1v) is 11.6. The van der Waals surface area contributed by atoms with Crippen LogP contribution in [0.15, 0.2) is 0 Å². The Hall–Kier alpha value is -1.96. The zero-order valence-corrected chi connectivity index (χ0v) is 19.2. The summed E-state index contributed by atoms with van der Waals surface area (Å²) in [7, 11) is 0. The maximum Gasteiger partial charge on any atom is 0.336 e. The van der Waals surface area contributed by atoms with E-state index in [2.05, 4.69) is 11.7 Å². The third-order valence-electron chi connectivity index (χ3n) is 4.99. The molecule has 0 saturated heterocycles. The molecule has 0 bridgehead atoms. The summed E-state index contributed by atoms with van der Waals surface area (Å²) >= 11 is 0. The Bertz CT molecular complexity index is 546. The van der Waals surface area contributed by atoms with Crippen molar-refractivity contribution >= 4 is 23.9 Å². The number of esters is 3. The monoisotopic (exact) mass is 444 g/mol. The van der Waals surface area contributed by atoms with Crippen LogP contribution in [0.25, 0.3) is 0 Å². The van der Waals surface area contributed by atoms with E-state index in [9.17, 15) is 29.4 Å². The van der Waals surface area contributed by atoms with Crippen LogP contribution in [0.4, 0.5) is 0 Å². The van der Waals surface area contributed by atoms with Gasteiger partial charge in [-0.25, -0.2) is 4.79 Å². The van der Waals surface area contributed by atoms with Gasteiger partial charge in [0.25, 0.3) is 0 Å². The quantitative estimate of drug-likeness (QED) is 0.171. The lowest BCUT2D eigenvalue weighted by Crippen LogP contribution is -2.43. The number of hydrogen-bond acceptors (Lipinski definition) is 7. The average molecular weight is 445 g/mol. The van der Waals surface area contributed by atoms with E-state index in [0.29, 0.717) is 12.8 Å². The number of hydrogen-bond donors (Lipinski definition) is 2. The number of carboxylic acids is 1. The molecule has 31 heavy (non-hydrogen) atoms. The number of aliphatic hydroxyl groups is 1. The highest BCUT2D eigenvalue weighted by Gasteiger charge is 2.42. The zero-order chi connectivity index (χ0) is 23.5. The van der Waals surface area contributed by atoms with Crippen molar-refractivity contribution in [1.82, 2.24) is 0 Å². The lowest BCUT2D eigenvalue weighted by Gasteiger charge is -2.21. The Morgan fingerprint density at radius 2 is 1.16 bits per heavy atom. The van der Waals surface area contributed by atoms with Crippen LogP contribution in [0, 0.1) is 0 Å².